The van der Waals surface area contributed by atoms with Crippen LogP contribution in [0.25, 0.3) is 5.57 Å². The van der Waals surface area contributed by atoms with E-state index in [4.69, 9.17) is 9.72 Å². The fraction of sp³-hybridized carbons (Fsp3) is 0.351. The molecule has 10 heteroatoms. The number of pyridine rings is 1. The number of nitrogens with zero attached hydrogens (tertiary/aromatic N) is 3. The zero-order valence-electron chi connectivity index (χ0n) is 26.0. The lowest BCUT2D eigenvalue weighted by Gasteiger charge is -2.53. The smallest absolute Gasteiger partial charge is 0.331 e. The molecule has 8 rings (SSSR count). The van der Waals surface area contributed by atoms with Gasteiger partial charge in [0.25, 0.3) is 11.8 Å². The number of allylic oxidation sites excluding steroid dienone is 2. The van der Waals surface area contributed by atoms with Crippen LogP contribution in [0.5, 0.6) is 0 Å². The average molecular weight is 635 g/mol. The summed E-state index contributed by atoms with van der Waals surface area (Å²) in [7, 11) is 0. The first-order valence-corrected chi connectivity index (χ1v) is 16.3. The van der Waals surface area contributed by atoms with E-state index in [1.165, 1.54) is 12.1 Å². The number of halogens is 1. The Morgan fingerprint density at radius 1 is 0.979 bits per heavy atom. The number of carboxylic acid groups (broad SMARTS) is 1. The van der Waals surface area contributed by atoms with E-state index in [0.717, 1.165) is 86.6 Å². The average Bonchev–Trinajstić information content (AvgIpc) is 3.68. The van der Waals surface area contributed by atoms with Crippen molar-refractivity contribution in [1.29, 1.82) is 0 Å². The summed E-state index contributed by atoms with van der Waals surface area (Å²) in [5, 5.41) is 12.6. The number of nitrogens with one attached hydrogen (secondary N) is 1. The Labute approximate surface area is 271 Å². The van der Waals surface area contributed by atoms with Crippen LogP contribution in [-0.4, -0.2) is 60.7 Å². The van der Waals surface area contributed by atoms with Crippen molar-refractivity contribution in [2.75, 3.05) is 48.0 Å². The monoisotopic (exact) mass is 634 g/mol. The maximum Gasteiger partial charge on any atom is 0.331 e. The molecule has 0 unspecified atom stereocenters. The van der Waals surface area contributed by atoms with Crippen molar-refractivity contribution >= 4 is 40.5 Å². The first-order valence-electron chi connectivity index (χ1n) is 16.3. The first-order chi connectivity index (χ1) is 22.8. The molecule has 2 amide bonds. The van der Waals surface area contributed by atoms with Gasteiger partial charge >= 0.3 is 5.97 Å². The molecular weight excluding hydrogens is 599 g/mol. The third-order valence-corrected chi connectivity index (χ3v) is 10.4. The Kier molecular flexibility index (Phi) is 7.20. The van der Waals surface area contributed by atoms with Crippen molar-refractivity contribution in [3.63, 3.8) is 0 Å². The highest BCUT2D eigenvalue weighted by atomic mass is 19.1. The molecule has 2 saturated heterocycles. The normalized spacial score (nSPS) is 19.4. The molecule has 2 aromatic carbocycles. The topological polar surface area (TPSA) is 112 Å². The molecule has 0 radical (unpaired) electrons. The van der Waals surface area contributed by atoms with Crippen LogP contribution in [0.2, 0.25) is 0 Å². The molecule has 0 saturated carbocycles. The number of rotatable bonds is 5. The number of hydrogen-bond acceptors (Lipinski definition) is 6. The van der Waals surface area contributed by atoms with Crippen molar-refractivity contribution in [3.05, 3.63) is 99.5 Å². The summed E-state index contributed by atoms with van der Waals surface area (Å²) >= 11 is 0. The number of amides is 2. The highest BCUT2D eigenvalue weighted by Crippen LogP contribution is 2.44. The number of carbonyl (C=O) groups excluding carboxylic acids is 2. The van der Waals surface area contributed by atoms with E-state index in [1.807, 2.05) is 6.07 Å². The third-order valence-electron chi connectivity index (χ3n) is 10.4. The maximum absolute atomic E-state index is 14.5. The van der Waals surface area contributed by atoms with Gasteiger partial charge in [-0.1, -0.05) is 0 Å². The number of ether oxygens (including phenoxy) is 1. The number of aromatic nitrogens is 1. The number of aliphatic carboxylic acids is 1. The number of fused-ring (bicyclic) bond motifs is 3. The first kappa shape index (κ1) is 29.6. The van der Waals surface area contributed by atoms with Gasteiger partial charge in [-0.3, -0.25) is 9.59 Å². The molecule has 240 valence electrons. The second-order valence-corrected chi connectivity index (χ2v) is 13.3. The van der Waals surface area contributed by atoms with Gasteiger partial charge in [-0.25, -0.2) is 14.2 Å². The second kappa shape index (κ2) is 11.5. The molecule has 2 aliphatic carbocycles. The van der Waals surface area contributed by atoms with Crippen LogP contribution in [0.3, 0.4) is 0 Å². The third kappa shape index (κ3) is 5.30. The van der Waals surface area contributed by atoms with E-state index in [9.17, 15) is 23.9 Å². The van der Waals surface area contributed by atoms with Gasteiger partial charge < -0.3 is 25.0 Å². The summed E-state index contributed by atoms with van der Waals surface area (Å²) in [6.45, 7) is 3.58. The van der Waals surface area contributed by atoms with Crippen LogP contribution in [0.15, 0.2) is 65.8 Å². The SMILES string of the molecule is O=C(O)C1=CC2=C(C1)c1ccc(F)cc1N(C(=O)c1ccc(NC(=O)c3cc4c(nc3N3CC5(CCOCC5)C3)CCC4)cc1)CC2. The van der Waals surface area contributed by atoms with Gasteiger partial charge in [0.2, 0.25) is 0 Å². The van der Waals surface area contributed by atoms with E-state index in [-0.39, 0.29) is 30.2 Å². The predicted molar refractivity (Wildman–Crippen MR) is 175 cm³/mol. The molecule has 3 aromatic rings. The lowest BCUT2D eigenvalue weighted by atomic mass is 9.73. The van der Waals surface area contributed by atoms with Crippen LogP contribution >= 0.6 is 0 Å². The van der Waals surface area contributed by atoms with Crippen molar-refractivity contribution in [1.82, 2.24) is 4.98 Å². The quantitative estimate of drug-likeness (QED) is 0.365. The van der Waals surface area contributed by atoms with Crippen molar-refractivity contribution in [3.8, 4) is 0 Å². The van der Waals surface area contributed by atoms with Gasteiger partial charge in [-0.15, -0.1) is 0 Å². The van der Waals surface area contributed by atoms with Crippen LogP contribution < -0.4 is 15.1 Å². The van der Waals surface area contributed by atoms with E-state index in [0.29, 0.717) is 40.1 Å². The van der Waals surface area contributed by atoms with Crippen molar-refractivity contribution in [2.45, 2.75) is 44.9 Å². The summed E-state index contributed by atoms with van der Waals surface area (Å²) < 4.78 is 20.1. The van der Waals surface area contributed by atoms with E-state index in [2.05, 4.69) is 10.2 Å². The zero-order valence-corrected chi connectivity index (χ0v) is 26.0. The van der Waals surface area contributed by atoms with E-state index < -0.39 is 11.8 Å². The van der Waals surface area contributed by atoms with Crippen LogP contribution in [0.4, 0.5) is 21.6 Å². The van der Waals surface area contributed by atoms with Gasteiger partial charge in [-0.2, -0.15) is 0 Å². The van der Waals surface area contributed by atoms with E-state index >= 15 is 0 Å². The summed E-state index contributed by atoms with van der Waals surface area (Å²) in [4.78, 5) is 48.0. The molecule has 1 aromatic heterocycles. The maximum atomic E-state index is 14.5. The molecule has 5 aliphatic rings. The molecule has 4 heterocycles. The fourth-order valence-corrected chi connectivity index (χ4v) is 7.78. The molecule has 1 spiro atoms. The minimum absolute atomic E-state index is 0.231. The Balaban J connectivity index is 1.01. The lowest BCUT2D eigenvalue weighted by molar-refractivity contribution is -0.132. The lowest BCUT2D eigenvalue weighted by Crippen LogP contribution is -2.59. The van der Waals surface area contributed by atoms with Crippen LogP contribution in [0, 0.1) is 11.2 Å². The minimum Gasteiger partial charge on any atom is -0.478 e. The fourth-order valence-electron chi connectivity index (χ4n) is 7.78. The molecular formula is C37H35FN4O5. The van der Waals surface area contributed by atoms with E-state index in [1.54, 1.807) is 41.3 Å². The Morgan fingerprint density at radius 2 is 1.77 bits per heavy atom. The largest absolute Gasteiger partial charge is 0.478 e. The number of aryl methyl sites for hydroxylation is 2. The molecule has 9 nitrogen and oxygen atoms in total. The molecule has 3 aliphatic heterocycles. The molecule has 2 fully saturated rings. The van der Waals surface area contributed by atoms with Gasteiger partial charge in [0.05, 0.1) is 11.3 Å². The Morgan fingerprint density at radius 3 is 2.53 bits per heavy atom. The van der Waals surface area contributed by atoms with Gasteiger partial charge in [0.1, 0.15) is 11.6 Å². The summed E-state index contributed by atoms with van der Waals surface area (Å²) in [6, 6.07) is 13.0. The van der Waals surface area contributed by atoms with Gasteiger partial charge in [0.15, 0.2) is 0 Å². The zero-order chi connectivity index (χ0) is 32.3. The number of benzene rings is 2. The molecule has 2 N–H and O–H groups in total. The van der Waals surface area contributed by atoms with Gasteiger partial charge in [-0.05, 0) is 110 Å². The number of carboxylic acids is 1. The van der Waals surface area contributed by atoms with Crippen molar-refractivity contribution in [2.24, 2.45) is 5.41 Å². The Bertz CT molecular complexity index is 1880. The predicted octanol–water partition coefficient (Wildman–Crippen LogP) is 5.80. The molecule has 47 heavy (non-hydrogen) atoms. The van der Waals surface area contributed by atoms with Gasteiger partial charge in [0, 0.05) is 72.8 Å². The summed E-state index contributed by atoms with van der Waals surface area (Å²) in [6.07, 6.45) is 7.29. The van der Waals surface area contributed by atoms with Crippen molar-refractivity contribution < 1.29 is 28.6 Å². The summed E-state index contributed by atoms with van der Waals surface area (Å²) in [5.41, 5.74) is 7.00. The number of carbonyl (C=O) groups is 3. The highest BCUT2D eigenvalue weighted by Gasteiger charge is 2.45. The number of hydrogen-bond donors (Lipinski definition) is 2. The second-order valence-electron chi connectivity index (χ2n) is 13.3. The van der Waals surface area contributed by atoms with Crippen LogP contribution in [0.1, 0.15) is 69.6 Å². The summed E-state index contributed by atoms with van der Waals surface area (Å²) in [5.74, 6) is -1.25. The number of anilines is 3. The minimum atomic E-state index is -0.977. The standard InChI is InChI=1S/C37H35FN4O5/c38-26-6-9-28-29-18-25(36(45)46)16-23(29)10-13-42(32(28)19-26)35(44)22-4-7-27(8-5-22)39-34(43)30-17-24-2-1-3-31(24)40-33(30)41-20-37(21-41)11-14-47-15-12-37/h4-9,16-17,19H,1-3,10-15,18,20-21H2,(H,39,43)(H,45,46). The van der Waals surface area contributed by atoms with Crippen LogP contribution in [-0.2, 0) is 22.4 Å². The Hall–Kier alpha value is -4.83. The highest BCUT2D eigenvalue weighted by molar-refractivity contribution is 6.10. The molecule has 0 atom stereocenters. The molecule has 0 bridgehead atoms.